The molecule has 1 unspecified atom stereocenters. The second-order valence-corrected chi connectivity index (χ2v) is 5.58. The molecule has 1 aliphatic heterocycles. The van der Waals surface area contributed by atoms with Gasteiger partial charge in [0.15, 0.2) is 0 Å². The number of nitrogens with two attached hydrogens (primary N) is 1. The first-order chi connectivity index (χ1) is 10.1. The van der Waals surface area contributed by atoms with Gasteiger partial charge in [0, 0.05) is 26.2 Å². The van der Waals surface area contributed by atoms with Crippen molar-refractivity contribution in [3.63, 3.8) is 0 Å². The van der Waals surface area contributed by atoms with Gasteiger partial charge in [0.25, 0.3) is 0 Å². The molecular weight excluding hydrogens is 266 g/mol. The number of amides is 1. The molecule has 2 rings (SSSR count). The molecule has 1 fully saturated rings. The minimum Gasteiger partial charge on any atom is -0.354 e. The lowest BCUT2D eigenvalue weighted by molar-refractivity contribution is -0.117. The third-order valence-corrected chi connectivity index (χ3v) is 3.78. The fourth-order valence-electron chi connectivity index (χ4n) is 2.36. The van der Waals surface area contributed by atoms with E-state index in [4.69, 9.17) is 5.73 Å². The van der Waals surface area contributed by atoms with Gasteiger partial charge in [-0.15, -0.1) is 0 Å². The van der Waals surface area contributed by atoms with E-state index in [1.54, 1.807) is 6.20 Å². The summed E-state index contributed by atoms with van der Waals surface area (Å²) in [6.07, 6.45) is 3.29. The number of nitrogens with zero attached hydrogens (tertiary/aromatic N) is 3. The summed E-state index contributed by atoms with van der Waals surface area (Å²) in [5.74, 6) is 0.810. The quantitative estimate of drug-likeness (QED) is 0.843. The zero-order valence-electron chi connectivity index (χ0n) is 12.9. The van der Waals surface area contributed by atoms with Gasteiger partial charge in [-0.2, -0.15) is 0 Å². The largest absolute Gasteiger partial charge is 0.354 e. The summed E-state index contributed by atoms with van der Waals surface area (Å²) < 4.78 is 0. The van der Waals surface area contributed by atoms with Gasteiger partial charge >= 0.3 is 0 Å². The molecule has 0 aliphatic carbocycles. The Labute approximate surface area is 126 Å². The number of aromatic nitrogens is 1. The van der Waals surface area contributed by atoms with Crippen LogP contribution in [0, 0.1) is 0 Å². The summed E-state index contributed by atoms with van der Waals surface area (Å²) >= 11 is 0. The molecule has 1 saturated heterocycles. The van der Waals surface area contributed by atoms with Crippen LogP contribution < -0.4 is 16.0 Å². The standard InChI is InChI=1S/C15H25N5O/c1-3-4-13(16)15(21)18-12-5-6-14(17-11-12)20-9-7-19(2)8-10-20/h5-6,11,13H,3-4,7-10,16H2,1-2H3,(H,18,21). The van der Waals surface area contributed by atoms with E-state index in [0.717, 1.165) is 38.4 Å². The zero-order valence-corrected chi connectivity index (χ0v) is 12.9. The summed E-state index contributed by atoms with van der Waals surface area (Å²) in [6.45, 7) is 6.07. The summed E-state index contributed by atoms with van der Waals surface area (Å²) in [6, 6.07) is 3.39. The van der Waals surface area contributed by atoms with Gasteiger partial charge in [-0.25, -0.2) is 4.98 Å². The van der Waals surface area contributed by atoms with Crippen LogP contribution in [-0.4, -0.2) is 55.1 Å². The van der Waals surface area contributed by atoms with Crippen molar-refractivity contribution < 1.29 is 4.79 Å². The maximum atomic E-state index is 11.8. The fourth-order valence-corrected chi connectivity index (χ4v) is 2.36. The second kappa shape index (κ2) is 7.38. The number of carbonyl (C=O) groups excluding carboxylic acids is 1. The van der Waals surface area contributed by atoms with E-state index in [0.29, 0.717) is 12.1 Å². The van der Waals surface area contributed by atoms with Crippen LogP contribution in [-0.2, 0) is 4.79 Å². The van der Waals surface area contributed by atoms with Gasteiger partial charge < -0.3 is 20.9 Å². The molecule has 0 aromatic carbocycles. The van der Waals surface area contributed by atoms with E-state index in [9.17, 15) is 4.79 Å². The van der Waals surface area contributed by atoms with Crippen molar-refractivity contribution in [3.8, 4) is 0 Å². The number of hydrogen-bond acceptors (Lipinski definition) is 5. The zero-order chi connectivity index (χ0) is 15.2. The van der Waals surface area contributed by atoms with Crippen LogP contribution in [0.2, 0.25) is 0 Å². The van der Waals surface area contributed by atoms with Gasteiger partial charge in [-0.1, -0.05) is 13.3 Å². The normalized spacial score (nSPS) is 17.6. The molecule has 116 valence electrons. The van der Waals surface area contributed by atoms with E-state index in [-0.39, 0.29) is 5.91 Å². The van der Waals surface area contributed by atoms with E-state index < -0.39 is 6.04 Å². The van der Waals surface area contributed by atoms with E-state index >= 15 is 0 Å². The van der Waals surface area contributed by atoms with E-state index in [1.807, 2.05) is 19.1 Å². The monoisotopic (exact) mass is 291 g/mol. The second-order valence-electron chi connectivity index (χ2n) is 5.58. The summed E-state index contributed by atoms with van der Waals surface area (Å²) in [5.41, 5.74) is 6.49. The number of rotatable bonds is 5. The van der Waals surface area contributed by atoms with Crippen LogP contribution in [0.25, 0.3) is 0 Å². The van der Waals surface area contributed by atoms with Crippen molar-refractivity contribution in [1.29, 1.82) is 0 Å². The van der Waals surface area contributed by atoms with Crippen molar-refractivity contribution in [1.82, 2.24) is 9.88 Å². The Morgan fingerprint density at radius 3 is 2.67 bits per heavy atom. The summed E-state index contributed by atoms with van der Waals surface area (Å²) in [5, 5.41) is 2.81. The van der Waals surface area contributed by atoms with Crippen molar-refractivity contribution in [2.45, 2.75) is 25.8 Å². The van der Waals surface area contributed by atoms with Crippen LogP contribution in [0.4, 0.5) is 11.5 Å². The van der Waals surface area contributed by atoms with Gasteiger partial charge in [-0.05, 0) is 25.6 Å². The lowest BCUT2D eigenvalue weighted by atomic mass is 10.1. The first-order valence-corrected chi connectivity index (χ1v) is 7.56. The molecule has 1 atom stereocenters. The average molecular weight is 291 g/mol. The van der Waals surface area contributed by atoms with Gasteiger partial charge in [-0.3, -0.25) is 4.79 Å². The smallest absolute Gasteiger partial charge is 0.241 e. The third-order valence-electron chi connectivity index (χ3n) is 3.78. The Hall–Kier alpha value is -1.66. The van der Waals surface area contributed by atoms with Crippen molar-refractivity contribution in [2.24, 2.45) is 5.73 Å². The average Bonchev–Trinajstić information content (AvgIpc) is 2.49. The molecular formula is C15H25N5O. The van der Waals surface area contributed by atoms with Gasteiger partial charge in [0.1, 0.15) is 5.82 Å². The number of anilines is 2. The topological polar surface area (TPSA) is 74.5 Å². The molecule has 0 radical (unpaired) electrons. The molecule has 6 nitrogen and oxygen atoms in total. The van der Waals surface area contributed by atoms with Crippen LogP contribution in [0.3, 0.4) is 0 Å². The number of carbonyl (C=O) groups is 1. The Morgan fingerprint density at radius 2 is 2.10 bits per heavy atom. The highest BCUT2D eigenvalue weighted by Gasteiger charge is 2.16. The lowest BCUT2D eigenvalue weighted by Gasteiger charge is -2.33. The number of piperazine rings is 1. The minimum atomic E-state index is -0.452. The minimum absolute atomic E-state index is 0.147. The predicted octanol–water partition coefficient (Wildman–Crippen LogP) is 0.899. The molecule has 3 N–H and O–H groups in total. The summed E-state index contributed by atoms with van der Waals surface area (Å²) in [7, 11) is 2.13. The van der Waals surface area contributed by atoms with Crippen molar-refractivity contribution >= 4 is 17.4 Å². The third kappa shape index (κ3) is 4.41. The number of pyridine rings is 1. The Kier molecular flexibility index (Phi) is 5.52. The Morgan fingerprint density at radius 1 is 1.38 bits per heavy atom. The fraction of sp³-hybridized carbons (Fsp3) is 0.600. The maximum Gasteiger partial charge on any atom is 0.241 e. The SMILES string of the molecule is CCCC(N)C(=O)Nc1ccc(N2CCN(C)CC2)nc1. The van der Waals surface area contributed by atoms with Crippen LogP contribution in [0.15, 0.2) is 18.3 Å². The Balaban J connectivity index is 1.91. The van der Waals surface area contributed by atoms with Crippen LogP contribution >= 0.6 is 0 Å². The van der Waals surface area contributed by atoms with Crippen molar-refractivity contribution in [3.05, 3.63) is 18.3 Å². The van der Waals surface area contributed by atoms with Gasteiger partial charge in [0.2, 0.25) is 5.91 Å². The molecule has 21 heavy (non-hydrogen) atoms. The number of likely N-dealkylation sites (N-methyl/N-ethyl adjacent to an activating group) is 1. The highest BCUT2D eigenvalue weighted by Crippen LogP contribution is 2.16. The van der Waals surface area contributed by atoms with Crippen molar-refractivity contribution in [2.75, 3.05) is 43.4 Å². The van der Waals surface area contributed by atoms with E-state index in [1.165, 1.54) is 0 Å². The van der Waals surface area contributed by atoms with Crippen LogP contribution in [0.5, 0.6) is 0 Å². The molecule has 1 aromatic rings. The molecule has 0 bridgehead atoms. The highest BCUT2D eigenvalue weighted by molar-refractivity contribution is 5.94. The predicted molar refractivity (Wildman–Crippen MR) is 85.5 cm³/mol. The molecule has 0 saturated carbocycles. The molecule has 0 spiro atoms. The maximum absolute atomic E-state index is 11.8. The first-order valence-electron chi connectivity index (χ1n) is 7.56. The summed E-state index contributed by atoms with van der Waals surface area (Å²) in [4.78, 5) is 20.8. The molecule has 2 heterocycles. The molecule has 1 aromatic heterocycles. The lowest BCUT2D eigenvalue weighted by Crippen LogP contribution is -2.44. The van der Waals surface area contributed by atoms with Gasteiger partial charge in [0.05, 0.1) is 17.9 Å². The first kappa shape index (κ1) is 15.7. The molecule has 1 aliphatic rings. The molecule has 1 amide bonds. The number of nitrogens with one attached hydrogen (secondary N) is 1. The molecule has 6 heteroatoms. The Bertz CT molecular complexity index is 454. The number of hydrogen-bond donors (Lipinski definition) is 2. The van der Waals surface area contributed by atoms with Crippen LogP contribution in [0.1, 0.15) is 19.8 Å². The van der Waals surface area contributed by atoms with E-state index in [2.05, 4.69) is 27.1 Å². The highest BCUT2D eigenvalue weighted by atomic mass is 16.2.